The van der Waals surface area contributed by atoms with Gasteiger partial charge < -0.3 is 15.2 Å². The third kappa shape index (κ3) is 6.07. The molecule has 0 unspecified atom stereocenters. The summed E-state index contributed by atoms with van der Waals surface area (Å²) < 4.78 is 5.70. The quantitative estimate of drug-likeness (QED) is 0.387. The fraction of sp³-hybridized carbons (Fsp3) is 0.115. The molecule has 0 spiro atoms. The van der Waals surface area contributed by atoms with E-state index in [2.05, 4.69) is 12.2 Å². The van der Waals surface area contributed by atoms with Crippen LogP contribution in [-0.2, 0) is 17.8 Å². The number of amides is 1. The molecule has 0 radical (unpaired) electrons. The first kappa shape index (κ1) is 22.3. The van der Waals surface area contributed by atoms with E-state index < -0.39 is 11.9 Å². The molecule has 0 aliphatic carbocycles. The van der Waals surface area contributed by atoms with Crippen molar-refractivity contribution < 1.29 is 19.4 Å². The lowest BCUT2D eigenvalue weighted by atomic mass is 10.1. The largest absolute Gasteiger partial charge is 0.489 e. The summed E-state index contributed by atoms with van der Waals surface area (Å²) in [6.45, 7) is 2.27. The summed E-state index contributed by atoms with van der Waals surface area (Å²) in [5.74, 6) is -0.879. The van der Waals surface area contributed by atoms with Crippen molar-refractivity contribution in [2.75, 3.05) is 5.32 Å². The summed E-state index contributed by atoms with van der Waals surface area (Å²) in [6.07, 6.45) is 2.42. The molecule has 0 fully saturated rings. The van der Waals surface area contributed by atoms with E-state index in [-0.39, 0.29) is 17.7 Å². The topological polar surface area (TPSA) is 99.4 Å². The molecular weight excluding hydrogens is 404 g/mol. The summed E-state index contributed by atoms with van der Waals surface area (Å²) in [4.78, 5) is 23.5. The van der Waals surface area contributed by atoms with Crippen LogP contribution in [0.25, 0.3) is 6.08 Å². The molecule has 2 N–H and O–H groups in total. The number of hydrogen-bond donors (Lipinski definition) is 2. The van der Waals surface area contributed by atoms with E-state index in [1.54, 1.807) is 42.5 Å². The first-order chi connectivity index (χ1) is 15.5. The lowest BCUT2D eigenvalue weighted by molar-refractivity contribution is -0.112. The second kappa shape index (κ2) is 10.6. The predicted octanol–water partition coefficient (Wildman–Crippen LogP) is 5.07. The molecule has 0 heterocycles. The Balaban J connectivity index is 1.63. The average molecular weight is 426 g/mol. The fourth-order valence-electron chi connectivity index (χ4n) is 2.96. The SMILES string of the molecule is CCc1ccc(NC(=O)/C(C#N)=C\c2ccc(OCc3cccc(C(=O)O)c3)cc2)cc1. The number of anilines is 1. The van der Waals surface area contributed by atoms with Crippen molar-refractivity contribution >= 4 is 23.6 Å². The van der Waals surface area contributed by atoms with Gasteiger partial charge in [0, 0.05) is 5.69 Å². The Labute approximate surface area is 186 Å². The Bertz CT molecular complexity index is 1170. The van der Waals surface area contributed by atoms with E-state index in [0.717, 1.165) is 17.5 Å². The van der Waals surface area contributed by atoms with Crippen molar-refractivity contribution in [2.45, 2.75) is 20.0 Å². The van der Waals surface area contributed by atoms with E-state index in [0.29, 0.717) is 17.0 Å². The highest BCUT2D eigenvalue weighted by molar-refractivity contribution is 6.09. The van der Waals surface area contributed by atoms with Crippen LogP contribution < -0.4 is 10.1 Å². The first-order valence-corrected chi connectivity index (χ1v) is 10.1. The van der Waals surface area contributed by atoms with E-state index in [1.165, 1.54) is 12.1 Å². The molecule has 0 saturated carbocycles. The number of benzene rings is 3. The van der Waals surface area contributed by atoms with Gasteiger partial charge in [0.1, 0.15) is 24.0 Å². The van der Waals surface area contributed by atoms with Crippen LogP contribution in [0.1, 0.15) is 34.0 Å². The number of aryl methyl sites for hydroxylation is 1. The molecule has 0 atom stereocenters. The maximum atomic E-state index is 12.4. The Morgan fingerprint density at radius 1 is 1.03 bits per heavy atom. The average Bonchev–Trinajstić information content (AvgIpc) is 2.82. The highest BCUT2D eigenvalue weighted by Crippen LogP contribution is 2.18. The van der Waals surface area contributed by atoms with Crippen molar-refractivity contribution in [2.24, 2.45) is 0 Å². The molecule has 0 aromatic heterocycles. The van der Waals surface area contributed by atoms with Gasteiger partial charge in [-0.25, -0.2) is 4.79 Å². The minimum atomic E-state index is -0.988. The van der Waals surface area contributed by atoms with Gasteiger partial charge in [0.05, 0.1) is 5.56 Å². The van der Waals surface area contributed by atoms with Gasteiger partial charge in [-0.2, -0.15) is 5.26 Å². The van der Waals surface area contributed by atoms with Crippen molar-refractivity contribution in [1.29, 1.82) is 5.26 Å². The smallest absolute Gasteiger partial charge is 0.335 e. The van der Waals surface area contributed by atoms with Crippen LogP contribution >= 0.6 is 0 Å². The molecule has 3 aromatic carbocycles. The number of hydrogen-bond acceptors (Lipinski definition) is 4. The van der Waals surface area contributed by atoms with Crippen molar-refractivity contribution in [3.8, 4) is 11.8 Å². The summed E-state index contributed by atoms with van der Waals surface area (Å²) in [7, 11) is 0. The maximum Gasteiger partial charge on any atom is 0.335 e. The van der Waals surface area contributed by atoms with Crippen LogP contribution in [0, 0.1) is 11.3 Å². The van der Waals surface area contributed by atoms with E-state index in [1.807, 2.05) is 30.3 Å². The highest BCUT2D eigenvalue weighted by Gasteiger charge is 2.10. The van der Waals surface area contributed by atoms with Crippen molar-refractivity contribution in [1.82, 2.24) is 0 Å². The maximum absolute atomic E-state index is 12.4. The molecule has 160 valence electrons. The standard InChI is InChI=1S/C26H22N2O4/c1-2-18-6-10-23(11-7-18)28-25(29)22(16-27)14-19-8-12-24(13-9-19)32-17-20-4-3-5-21(15-20)26(30)31/h3-15H,2,17H2,1H3,(H,28,29)(H,30,31)/b22-14-. The van der Waals surface area contributed by atoms with Gasteiger partial charge in [-0.05, 0) is 65.6 Å². The molecule has 6 nitrogen and oxygen atoms in total. The third-order valence-corrected chi connectivity index (χ3v) is 4.76. The van der Waals surface area contributed by atoms with Gasteiger partial charge in [0.2, 0.25) is 0 Å². The Morgan fingerprint density at radius 3 is 2.38 bits per heavy atom. The third-order valence-electron chi connectivity index (χ3n) is 4.76. The number of carboxylic acids is 1. The molecule has 0 aliphatic heterocycles. The molecule has 32 heavy (non-hydrogen) atoms. The minimum Gasteiger partial charge on any atom is -0.489 e. The van der Waals surface area contributed by atoms with Gasteiger partial charge in [0.25, 0.3) is 5.91 Å². The van der Waals surface area contributed by atoms with Gasteiger partial charge >= 0.3 is 5.97 Å². The molecule has 6 heteroatoms. The van der Waals surface area contributed by atoms with Crippen LogP contribution in [0.15, 0.2) is 78.4 Å². The minimum absolute atomic E-state index is 0.0104. The summed E-state index contributed by atoms with van der Waals surface area (Å²) in [5.41, 5.74) is 3.40. The second-order valence-corrected chi connectivity index (χ2v) is 7.04. The number of nitriles is 1. The van der Waals surface area contributed by atoms with Crippen LogP contribution in [-0.4, -0.2) is 17.0 Å². The zero-order chi connectivity index (χ0) is 22.9. The number of nitrogens with one attached hydrogen (secondary N) is 1. The molecule has 1 amide bonds. The fourth-order valence-corrected chi connectivity index (χ4v) is 2.96. The predicted molar refractivity (Wildman–Crippen MR) is 122 cm³/mol. The molecular formula is C26H22N2O4. The lowest BCUT2D eigenvalue weighted by Gasteiger charge is -2.08. The number of ether oxygens (including phenoxy) is 1. The van der Waals surface area contributed by atoms with Crippen LogP contribution in [0.3, 0.4) is 0 Å². The molecule has 3 rings (SSSR count). The van der Waals surface area contributed by atoms with E-state index in [9.17, 15) is 14.9 Å². The lowest BCUT2D eigenvalue weighted by Crippen LogP contribution is -2.13. The van der Waals surface area contributed by atoms with Crippen LogP contribution in [0.2, 0.25) is 0 Å². The summed E-state index contributed by atoms with van der Waals surface area (Å²) >= 11 is 0. The van der Waals surface area contributed by atoms with Gasteiger partial charge in [-0.3, -0.25) is 4.79 Å². The number of aromatic carboxylic acids is 1. The number of carbonyl (C=O) groups excluding carboxylic acids is 1. The van der Waals surface area contributed by atoms with Crippen molar-refractivity contribution in [3.05, 3.63) is 101 Å². The zero-order valence-electron chi connectivity index (χ0n) is 17.5. The number of rotatable bonds is 8. The Morgan fingerprint density at radius 2 is 1.75 bits per heavy atom. The second-order valence-electron chi connectivity index (χ2n) is 7.04. The zero-order valence-corrected chi connectivity index (χ0v) is 17.5. The van der Waals surface area contributed by atoms with Gasteiger partial charge in [-0.1, -0.05) is 43.3 Å². The van der Waals surface area contributed by atoms with E-state index in [4.69, 9.17) is 9.84 Å². The van der Waals surface area contributed by atoms with E-state index >= 15 is 0 Å². The van der Waals surface area contributed by atoms with Crippen LogP contribution in [0.4, 0.5) is 5.69 Å². The number of nitrogens with zero attached hydrogens (tertiary/aromatic N) is 1. The molecule has 0 aliphatic rings. The summed E-state index contributed by atoms with van der Waals surface area (Å²) in [5, 5.41) is 21.2. The number of carboxylic acid groups (broad SMARTS) is 1. The highest BCUT2D eigenvalue weighted by atomic mass is 16.5. The number of carbonyl (C=O) groups is 2. The molecule has 0 bridgehead atoms. The van der Waals surface area contributed by atoms with Gasteiger partial charge in [-0.15, -0.1) is 0 Å². The Hall–Kier alpha value is -4.37. The summed E-state index contributed by atoms with van der Waals surface area (Å²) in [6, 6.07) is 22.9. The van der Waals surface area contributed by atoms with Crippen molar-refractivity contribution in [3.63, 3.8) is 0 Å². The molecule has 0 saturated heterocycles. The normalized spacial score (nSPS) is 10.8. The van der Waals surface area contributed by atoms with Crippen LogP contribution in [0.5, 0.6) is 5.75 Å². The first-order valence-electron chi connectivity index (χ1n) is 10.1. The van der Waals surface area contributed by atoms with Gasteiger partial charge in [0.15, 0.2) is 0 Å². The molecule has 3 aromatic rings. The monoisotopic (exact) mass is 426 g/mol. The Kier molecular flexibility index (Phi) is 7.39.